The molecule has 7 heteroatoms. The lowest BCUT2D eigenvalue weighted by molar-refractivity contribution is 0.0887. The van der Waals surface area contributed by atoms with E-state index in [9.17, 15) is 13.6 Å². The van der Waals surface area contributed by atoms with E-state index < -0.39 is 11.7 Å². The molecule has 0 fully saturated rings. The highest BCUT2D eigenvalue weighted by molar-refractivity contribution is 7.98. The molecule has 0 aliphatic rings. The van der Waals surface area contributed by atoms with Gasteiger partial charge in [-0.2, -0.15) is 8.78 Å². The second-order valence-corrected chi connectivity index (χ2v) is 5.24. The molecular weight excluding hydrogens is 276 g/mol. The topological polar surface area (TPSA) is 62.5 Å². The van der Waals surface area contributed by atoms with E-state index in [4.69, 9.17) is 9.52 Å². The summed E-state index contributed by atoms with van der Waals surface area (Å²) in [7, 11) is 0. The molecule has 0 aromatic carbocycles. The summed E-state index contributed by atoms with van der Waals surface area (Å²) in [5, 5.41) is 11.6. The van der Waals surface area contributed by atoms with Gasteiger partial charge < -0.3 is 14.8 Å². The molecule has 0 spiro atoms. The van der Waals surface area contributed by atoms with Crippen molar-refractivity contribution in [3.05, 3.63) is 23.7 Å². The zero-order chi connectivity index (χ0) is 14.4. The first-order valence-corrected chi connectivity index (χ1v) is 6.89. The largest absolute Gasteiger partial charge is 0.455 e. The fourth-order valence-electron chi connectivity index (χ4n) is 1.30. The monoisotopic (exact) mass is 293 g/mol. The smallest absolute Gasteiger partial charge is 0.287 e. The maximum absolute atomic E-state index is 12.0. The maximum atomic E-state index is 12.0. The minimum atomic E-state index is -2.46. The van der Waals surface area contributed by atoms with Gasteiger partial charge in [0.05, 0.1) is 5.75 Å². The second-order valence-electron chi connectivity index (χ2n) is 4.26. The van der Waals surface area contributed by atoms with Crippen LogP contribution in [0.15, 0.2) is 16.5 Å². The van der Waals surface area contributed by atoms with Crippen molar-refractivity contribution in [3.8, 4) is 0 Å². The molecule has 0 bridgehead atoms. The third-order valence-corrected chi connectivity index (χ3v) is 3.44. The van der Waals surface area contributed by atoms with Crippen molar-refractivity contribution < 1.29 is 23.1 Å². The van der Waals surface area contributed by atoms with Gasteiger partial charge in [0, 0.05) is 12.6 Å². The number of alkyl halides is 2. The van der Waals surface area contributed by atoms with Crippen molar-refractivity contribution in [2.75, 3.05) is 6.61 Å². The first kappa shape index (κ1) is 16.0. The van der Waals surface area contributed by atoms with Crippen LogP contribution in [0.1, 0.15) is 30.2 Å². The highest BCUT2D eigenvalue weighted by atomic mass is 32.2. The van der Waals surface area contributed by atoms with Crippen LogP contribution in [0.2, 0.25) is 0 Å². The molecule has 19 heavy (non-hydrogen) atoms. The minimum Gasteiger partial charge on any atom is -0.455 e. The van der Waals surface area contributed by atoms with Crippen LogP contribution in [0, 0.1) is 5.92 Å². The molecular formula is C12H17F2NO3S. The molecule has 108 valence electrons. The third kappa shape index (κ3) is 5.20. The van der Waals surface area contributed by atoms with Crippen LogP contribution in [0.4, 0.5) is 8.78 Å². The summed E-state index contributed by atoms with van der Waals surface area (Å²) in [6.07, 6.45) is 0. The summed E-state index contributed by atoms with van der Waals surface area (Å²) in [5.41, 5.74) is 0. The van der Waals surface area contributed by atoms with E-state index in [1.54, 1.807) is 13.8 Å². The van der Waals surface area contributed by atoms with E-state index in [1.807, 2.05) is 0 Å². The lowest BCUT2D eigenvalue weighted by Gasteiger charge is -2.18. The quantitative estimate of drug-likeness (QED) is 0.810. The minimum absolute atomic E-state index is 0.0214. The normalized spacial score (nSPS) is 14.4. The number of thioether (sulfide) groups is 1. The number of hydrogen-bond acceptors (Lipinski definition) is 4. The lowest BCUT2D eigenvalue weighted by Crippen LogP contribution is -2.38. The molecule has 4 nitrogen and oxygen atoms in total. The van der Waals surface area contributed by atoms with Crippen LogP contribution >= 0.6 is 11.8 Å². The number of nitrogens with one attached hydrogen (secondary N) is 1. The van der Waals surface area contributed by atoms with E-state index in [1.165, 1.54) is 12.1 Å². The number of rotatable bonds is 7. The van der Waals surface area contributed by atoms with Crippen molar-refractivity contribution in [1.82, 2.24) is 5.32 Å². The van der Waals surface area contributed by atoms with Crippen LogP contribution in [0.3, 0.4) is 0 Å². The van der Waals surface area contributed by atoms with Gasteiger partial charge in [0.2, 0.25) is 0 Å². The van der Waals surface area contributed by atoms with Crippen LogP contribution in [-0.2, 0) is 5.75 Å². The second kappa shape index (κ2) is 7.49. The number of furan rings is 1. The van der Waals surface area contributed by atoms with E-state index in [-0.39, 0.29) is 30.1 Å². The van der Waals surface area contributed by atoms with Gasteiger partial charge in [-0.3, -0.25) is 4.79 Å². The van der Waals surface area contributed by atoms with Gasteiger partial charge in [0.25, 0.3) is 11.7 Å². The van der Waals surface area contributed by atoms with Gasteiger partial charge in [0.1, 0.15) is 5.76 Å². The van der Waals surface area contributed by atoms with Gasteiger partial charge in [-0.25, -0.2) is 0 Å². The molecule has 1 heterocycles. The molecule has 0 aliphatic carbocycles. The summed E-state index contributed by atoms with van der Waals surface area (Å²) in [4.78, 5) is 11.8. The Hall–Kier alpha value is -1.08. The zero-order valence-corrected chi connectivity index (χ0v) is 11.5. The standard InChI is InChI=1S/C12H17F2NO3S/c1-7(5-16)8(2)15-11(17)10-4-3-9(18-10)6-19-12(13)14/h3-4,7-8,12,16H,5-6H2,1-2H3,(H,15,17). The number of aliphatic hydroxyl groups excluding tert-OH is 1. The average Bonchev–Trinajstić information content (AvgIpc) is 2.84. The molecule has 2 atom stereocenters. The average molecular weight is 293 g/mol. The van der Waals surface area contributed by atoms with Crippen molar-refractivity contribution >= 4 is 17.7 Å². The van der Waals surface area contributed by atoms with Crippen molar-refractivity contribution in [2.24, 2.45) is 5.92 Å². The number of carbonyl (C=O) groups excluding carboxylic acids is 1. The molecule has 2 unspecified atom stereocenters. The molecule has 2 N–H and O–H groups in total. The van der Waals surface area contributed by atoms with Crippen LogP contribution in [0.25, 0.3) is 0 Å². The van der Waals surface area contributed by atoms with Crippen molar-refractivity contribution in [2.45, 2.75) is 31.4 Å². The first-order valence-electron chi connectivity index (χ1n) is 5.84. The first-order chi connectivity index (χ1) is 8.93. The Morgan fingerprint density at radius 2 is 2.16 bits per heavy atom. The van der Waals surface area contributed by atoms with Gasteiger partial charge in [-0.1, -0.05) is 18.7 Å². The highest BCUT2D eigenvalue weighted by Gasteiger charge is 2.18. The van der Waals surface area contributed by atoms with Gasteiger partial charge in [0.15, 0.2) is 5.76 Å². The summed E-state index contributed by atoms with van der Waals surface area (Å²) < 4.78 is 29.2. The summed E-state index contributed by atoms with van der Waals surface area (Å²) in [6, 6.07) is 2.75. The molecule has 1 rings (SSSR count). The van der Waals surface area contributed by atoms with Crippen LogP contribution in [0.5, 0.6) is 0 Å². The lowest BCUT2D eigenvalue weighted by atomic mass is 10.1. The summed E-state index contributed by atoms with van der Waals surface area (Å²) >= 11 is 0.440. The van der Waals surface area contributed by atoms with Gasteiger partial charge in [-0.15, -0.1) is 0 Å². The van der Waals surface area contributed by atoms with Gasteiger partial charge in [-0.05, 0) is 25.0 Å². The molecule has 0 aliphatic heterocycles. The number of hydrogen-bond donors (Lipinski definition) is 2. The Balaban J connectivity index is 2.53. The predicted octanol–water partition coefficient (Wildman–Crippen LogP) is 2.48. The van der Waals surface area contributed by atoms with E-state index in [2.05, 4.69) is 5.32 Å². The zero-order valence-electron chi connectivity index (χ0n) is 10.7. The SMILES string of the molecule is CC(CO)C(C)NC(=O)c1ccc(CSC(F)F)o1. The number of carbonyl (C=O) groups is 1. The van der Waals surface area contributed by atoms with E-state index in [0.717, 1.165) is 0 Å². The third-order valence-electron chi connectivity index (χ3n) is 2.74. The molecule has 1 aromatic rings. The predicted molar refractivity (Wildman–Crippen MR) is 69.2 cm³/mol. The molecule has 0 saturated carbocycles. The Labute approximate surface area is 114 Å². The number of amides is 1. The summed E-state index contributed by atoms with van der Waals surface area (Å²) in [6.45, 7) is 3.54. The van der Waals surface area contributed by atoms with Gasteiger partial charge >= 0.3 is 0 Å². The van der Waals surface area contributed by atoms with Crippen molar-refractivity contribution in [1.29, 1.82) is 0 Å². The molecule has 1 aromatic heterocycles. The Kier molecular flexibility index (Phi) is 6.30. The Morgan fingerprint density at radius 1 is 1.47 bits per heavy atom. The maximum Gasteiger partial charge on any atom is 0.287 e. The van der Waals surface area contributed by atoms with Crippen LogP contribution in [-0.4, -0.2) is 29.4 Å². The van der Waals surface area contributed by atoms with E-state index >= 15 is 0 Å². The summed E-state index contributed by atoms with van der Waals surface area (Å²) in [5.74, 6) is -2.52. The molecule has 0 radical (unpaired) electrons. The fraction of sp³-hybridized carbons (Fsp3) is 0.583. The van der Waals surface area contributed by atoms with E-state index in [0.29, 0.717) is 17.5 Å². The van der Waals surface area contributed by atoms with Crippen LogP contribution < -0.4 is 5.32 Å². The fourth-order valence-corrected chi connectivity index (χ4v) is 1.75. The van der Waals surface area contributed by atoms with Crippen molar-refractivity contribution in [3.63, 3.8) is 0 Å². The highest BCUT2D eigenvalue weighted by Crippen LogP contribution is 2.21. The number of halogens is 2. The molecule has 0 saturated heterocycles. The molecule has 1 amide bonds. The number of aliphatic hydroxyl groups is 1. The Morgan fingerprint density at radius 3 is 2.74 bits per heavy atom. The Bertz CT molecular complexity index is 411.